The van der Waals surface area contributed by atoms with Gasteiger partial charge in [-0.2, -0.15) is 10.5 Å². The molecule has 2 aliphatic heterocycles. The summed E-state index contributed by atoms with van der Waals surface area (Å²) in [6.45, 7) is 5.52. The maximum Gasteiger partial charge on any atom is 0.411 e. The van der Waals surface area contributed by atoms with Crippen molar-refractivity contribution in [2.45, 2.75) is 76.2 Å². The summed E-state index contributed by atoms with van der Waals surface area (Å²) in [5.74, 6) is 1.40. The number of hydrogen-bond acceptors (Lipinski definition) is 5. The maximum absolute atomic E-state index is 11.8. The highest BCUT2D eigenvalue weighted by atomic mass is 16.6. The minimum absolute atomic E-state index is 0.179. The number of carbonyl (C=O) groups excluding carboxylic acids is 1. The lowest BCUT2D eigenvalue weighted by atomic mass is 10.2. The molecule has 4 rings (SSSR count). The number of hydrogen-bond donors (Lipinski definition) is 1. The van der Waals surface area contributed by atoms with Gasteiger partial charge in [0.25, 0.3) is 0 Å². The molecule has 4 fully saturated rings. The van der Waals surface area contributed by atoms with Crippen LogP contribution < -0.4 is 5.32 Å². The van der Waals surface area contributed by atoms with Gasteiger partial charge in [0.1, 0.15) is 11.6 Å². The molecule has 2 aliphatic carbocycles. The molecule has 2 saturated heterocycles. The van der Waals surface area contributed by atoms with E-state index in [4.69, 9.17) is 15.3 Å². The molecule has 2 heterocycles. The molecule has 4 aliphatic rings. The third-order valence-electron chi connectivity index (χ3n) is 4.89. The second-order valence-corrected chi connectivity index (χ2v) is 8.02. The Bertz CT molecular complexity index is 561. The summed E-state index contributed by atoms with van der Waals surface area (Å²) in [7, 11) is 0. The summed E-state index contributed by atoms with van der Waals surface area (Å²) in [5.41, 5.74) is -0.482. The molecule has 6 nitrogen and oxygen atoms in total. The fourth-order valence-corrected chi connectivity index (χ4v) is 3.58. The fraction of sp³-hybridized carbons (Fsp3) is 0.824. The number of amides is 1. The summed E-state index contributed by atoms with van der Waals surface area (Å²) in [6.07, 6.45) is 3.94. The molecule has 124 valence electrons. The number of ether oxygens (including phenoxy) is 1. The van der Waals surface area contributed by atoms with E-state index in [-0.39, 0.29) is 24.2 Å². The molecule has 0 bridgehead atoms. The van der Waals surface area contributed by atoms with Crippen molar-refractivity contribution >= 4 is 6.09 Å². The Hall–Kier alpha value is -1.79. The molecule has 2 saturated carbocycles. The van der Waals surface area contributed by atoms with E-state index in [9.17, 15) is 4.79 Å². The lowest BCUT2D eigenvalue weighted by Crippen LogP contribution is -2.41. The lowest BCUT2D eigenvalue weighted by molar-refractivity contribution is 0.0223. The summed E-state index contributed by atoms with van der Waals surface area (Å²) in [5, 5.41) is 20.5. The van der Waals surface area contributed by atoms with E-state index in [0.29, 0.717) is 5.92 Å². The van der Waals surface area contributed by atoms with Crippen molar-refractivity contribution in [1.82, 2.24) is 10.2 Å². The molecular weight excluding hydrogens is 292 g/mol. The van der Waals surface area contributed by atoms with Crippen LogP contribution in [0.4, 0.5) is 4.79 Å². The van der Waals surface area contributed by atoms with E-state index in [1.54, 1.807) is 4.90 Å². The number of rotatable bonds is 0. The van der Waals surface area contributed by atoms with E-state index in [2.05, 4.69) is 17.5 Å². The predicted octanol–water partition coefficient (Wildman–Crippen LogP) is 2.17. The molecule has 1 N–H and O–H groups in total. The van der Waals surface area contributed by atoms with Crippen molar-refractivity contribution in [2.24, 2.45) is 11.8 Å². The average Bonchev–Trinajstić information content (AvgIpc) is 3.33. The van der Waals surface area contributed by atoms with Gasteiger partial charge in [0.2, 0.25) is 0 Å². The number of fused-ring (bicyclic) bond motifs is 2. The number of likely N-dealkylation sites (tertiary alicyclic amines) is 1. The quantitative estimate of drug-likeness (QED) is 0.740. The average molecular weight is 316 g/mol. The molecule has 0 radical (unpaired) electrons. The number of nitrogens with one attached hydrogen (secondary N) is 1. The van der Waals surface area contributed by atoms with Gasteiger partial charge in [-0.1, -0.05) is 0 Å². The highest BCUT2D eigenvalue weighted by Gasteiger charge is 2.55. The third-order valence-corrected chi connectivity index (χ3v) is 4.89. The molecule has 23 heavy (non-hydrogen) atoms. The van der Waals surface area contributed by atoms with Gasteiger partial charge in [0, 0.05) is 12.1 Å². The lowest BCUT2D eigenvalue weighted by Gasteiger charge is -2.27. The Labute approximate surface area is 137 Å². The minimum Gasteiger partial charge on any atom is -0.444 e. The standard InChI is InChI=1S/C11H16N2O2.C6H8N2/c1-11(2,3)15-10(14)13-8(6-12)4-7-5-9(7)13;7-3-5-1-4-2-6(4)8-5/h7-9H,4-5H2,1-3H3;4-6,8H,1-2H2/t7-,8?,9+;4-,5?,6+/m00/s1. The number of nitrogens with zero attached hydrogens (tertiary/aromatic N) is 3. The Morgan fingerprint density at radius 2 is 1.87 bits per heavy atom. The van der Waals surface area contributed by atoms with Crippen molar-refractivity contribution < 1.29 is 9.53 Å². The van der Waals surface area contributed by atoms with Crippen molar-refractivity contribution in [3.8, 4) is 12.1 Å². The summed E-state index contributed by atoms with van der Waals surface area (Å²) in [4.78, 5) is 13.4. The molecular formula is C17H24N4O2. The van der Waals surface area contributed by atoms with Gasteiger partial charge in [-0.05, 0) is 58.3 Å². The molecule has 0 aromatic heterocycles. The molecule has 2 unspecified atom stereocenters. The van der Waals surface area contributed by atoms with E-state index < -0.39 is 5.60 Å². The zero-order valence-electron chi connectivity index (χ0n) is 14.0. The van der Waals surface area contributed by atoms with Crippen LogP contribution in [0.15, 0.2) is 0 Å². The minimum atomic E-state index is -0.482. The van der Waals surface area contributed by atoms with Crippen LogP contribution in [0.3, 0.4) is 0 Å². The smallest absolute Gasteiger partial charge is 0.411 e. The van der Waals surface area contributed by atoms with E-state index in [1.807, 2.05) is 20.8 Å². The third kappa shape index (κ3) is 3.59. The number of carbonyl (C=O) groups is 1. The Morgan fingerprint density at radius 1 is 1.13 bits per heavy atom. The Balaban J connectivity index is 0.000000162. The SMILES string of the molecule is CC(C)(C)OC(=O)N1C(C#N)C[C@H]2C[C@H]21.N#CC1C[C@H]2C[C@H]2N1. The zero-order valence-corrected chi connectivity index (χ0v) is 14.0. The van der Waals surface area contributed by atoms with Crippen LogP contribution in [0.25, 0.3) is 0 Å². The van der Waals surface area contributed by atoms with E-state index in [1.165, 1.54) is 6.42 Å². The van der Waals surface area contributed by atoms with Crippen molar-refractivity contribution in [1.29, 1.82) is 10.5 Å². The van der Waals surface area contributed by atoms with Crippen LogP contribution in [-0.2, 0) is 4.74 Å². The zero-order chi connectivity index (χ0) is 16.8. The molecule has 1 amide bonds. The largest absolute Gasteiger partial charge is 0.444 e. The van der Waals surface area contributed by atoms with Gasteiger partial charge >= 0.3 is 6.09 Å². The van der Waals surface area contributed by atoms with Gasteiger partial charge in [-0.25, -0.2) is 4.79 Å². The monoisotopic (exact) mass is 316 g/mol. The predicted molar refractivity (Wildman–Crippen MR) is 83.0 cm³/mol. The highest BCUT2D eigenvalue weighted by Crippen LogP contribution is 2.48. The van der Waals surface area contributed by atoms with Crippen molar-refractivity contribution in [3.63, 3.8) is 0 Å². The van der Waals surface area contributed by atoms with E-state index >= 15 is 0 Å². The summed E-state index contributed by atoms with van der Waals surface area (Å²) < 4.78 is 5.29. The summed E-state index contributed by atoms with van der Waals surface area (Å²) >= 11 is 0. The summed E-state index contributed by atoms with van der Waals surface area (Å²) in [6, 6.07) is 5.28. The first kappa shape index (κ1) is 16.1. The van der Waals surface area contributed by atoms with Crippen LogP contribution >= 0.6 is 0 Å². The Kier molecular flexibility index (Phi) is 3.98. The van der Waals surface area contributed by atoms with Gasteiger partial charge in [-0.15, -0.1) is 0 Å². The van der Waals surface area contributed by atoms with Crippen LogP contribution in [0.5, 0.6) is 0 Å². The van der Waals surface area contributed by atoms with Crippen molar-refractivity contribution in [2.75, 3.05) is 0 Å². The van der Waals surface area contributed by atoms with Gasteiger partial charge < -0.3 is 4.74 Å². The van der Waals surface area contributed by atoms with Gasteiger partial charge in [0.05, 0.1) is 18.2 Å². The molecule has 6 heteroatoms. The van der Waals surface area contributed by atoms with Crippen LogP contribution in [-0.4, -0.2) is 40.8 Å². The maximum atomic E-state index is 11.8. The second-order valence-electron chi connectivity index (χ2n) is 8.02. The molecule has 0 spiro atoms. The van der Waals surface area contributed by atoms with Crippen LogP contribution in [0.1, 0.15) is 46.5 Å². The molecule has 6 atom stereocenters. The first-order chi connectivity index (χ1) is 10.8. The van der Waals surface area contributed by atoms with Crippen LogP contribution in [0, 0.1) is 34.5 Å². The van der Waals surface area contributed by atoms with Crippen LogP contribution in [0.2, 0.25) is 0 Å². The van der Waals surface area contributed by atoms with Gasteiger partial charge in [0.15, 0.2) is 0 Å². The first-order valence-electron chi connectivity index (χ1n) is 8.39. The topological polar surface area (TPSA) is 89.2 Å². The molecule has 0 aromatic carbocycles. The highest BCUT2D eigenvalue weighted by molar-refractivity contribution is 5.71. The molecule has 0 aromatic rings. The van der Waals surface area contributed by atoms with Crippen molar-refractivity contribution in [3.05, 3.63) is 0 Å². The normalized spacial score (nSPS) is 39.1. The fourth-order valence-electron chi connectivity index (χ4n) is 3.58. The number of nitriles is 2. The van der Waals surface area contributed by atoms with E-state index in [0.717, 1.165) is 31.2 Å². The first-order valence-corrected chi connectivity index (χ1v) is 8.39. The van der Waals surface area contributed by atoms with Gasteiger partial charge in [-0.3, -0.25) is 10.2 Å². The second kappa shape index (κ2) is 5.69. The Morgan fingerprint density at radius 3 is 2.35 bits per heavy atom. The number of piperidine rings is 2.